The molecule has 1 saturated heterocycles. The van der Waals surface area contributed by atoms with Gasteiger partial charge in [-0.25, -0.2) is 0 Å². The van der Waals surface area contributed by atoms with Gasteiger partial charge >= 0.3 is 0 Å². The summed E-state index contributed by atoms with van der Waals surface area (Å²) in [6.45, 7) is 17.8. The Hall–Kier alpha value is -1.66. The number of hydrogen-bond acceptors (Lipinski definition) is 2. The molecule has 2 heterocycles. The lowest BCUT2D eigenvalue weighted by Gasteiger charge is -2.27. The summed E-state index contributed by atoms with van der Waals surface area (Å²) in [5, 5.41) is 10.5. The molecule has 0 bridgehead atoms. The van der Waals surface area contributed by atoms with Crippen LogP contribution in [-0.4, -0.2) is 61.7 Å². The van der Waals surface area contributed by atoms with E-state index in [1.807, 2.05) is 0 Å². The number of ether oxygens (including phenoxy) is 1. The number of quaternary nitrogens is 2. The Labute approximate surface area is 195 Å². The summed E-state index contributed by atoms with van der Waals surface area (Å²) in [5.41, 5.74) is 4.24. The molecule has 32 heavy (non-hydrogen) atoms. The van der Waals surface area contributed by atoms with Crippen molar-refractivity contribution in [1.29, 1.82) is 0 Å². The fourth-order valence-corrected chi connectivity index (χ4v) is 4.62. The van der Waals surface area contributed by atoms with Gasteiger partial charge in [-0.2, -0.15) is 0 Å². The normalized spacial score (nSPS) is 17.4. The van der Waals surface area contributed by atoms with Crippen molar-refractivity contribution in [2.75, 3.05) is 45.9 Å². The number of hydrogen-bond donors (Lipinski definition) is 3. The molecule has 1 aromatic heterocycles. The number of rotatable bonds is 11. The number of nitrogens with one attached hydrogen (secondary N) is 2. The Morgan fingerprint density at radius 2 is 1.84 bits per heavy atom. The number of nitrogens with zero attached hydrogens (tertiary/aromatic N) is 1. The number of aliphatic hydroxyl groups excluding tert-OH is 1. The third kappa shape index (κ3) is 7.73. The second-order valence-electron chi connectivity index (χ2n) is 10.5. The molecule has 0 saturated carbocycles. The van der Waals surface area contributed by atoms with Crippen molar-refractivity contribution < 1.29 is 19.6 Å². The predicted molar refractivity (Wildman–Crippen MR) is 130 cm³/mol. The Balaban J connectivity index is 1.64. The van der Waals surface area contributed by atoms with E-state index in [-0.39, 0.29) is 11.5 Å². The molecule has 2 atom stereocenters. The Morgan fingerprint density at radius 3 is 2.50 bits per heavy atom. The highest BCUT2D eigenvalue weighted by Crippen LogP contribution is 2.22. The molecule has 0 amide bonds. The lowest BCUT2D eigenvalue weighted by atomic mass is 9.87. The van der Waals surface area contributed by atoms with E-state index in [9.17, 15) is 5.11 Å². The highest BCUT2D eigenvalue weighted by molar-refractivity contribution is 5.28. The summed E-state index contributed by atoms with van der Waals surface area (Å²) < 4.78 is 7.89. The molecule has 0 aliphatic carbocycles. The van der Waals surface area contributed by atoms with Crippen LogP contribution in [0.4, 0.5) is 0 Å². The van der Waals surface area contributed by atoms with Gasteiger partial charge in [-0.3, -0.25) is 0 Å². The van der Waals surface area contributed by atoms with Gasteiger partial charge < -0.3 is 24.2 Å². The largest absolute Gasteiger partial charge is 0.387 e. The lowest BCUT2D eigenvalue weighted by molar-refractivity contribution is -0.969. The second-order valence-corrected chi connectivity index (χ2v) is 10.5. The Morgan fingerprint density at radius 1 is 1.12 bits per heavy atom. The van der Waals surface area contributed by atoms with Crippen LogP contribution in [0.15, 0.2) is 42.6 Å². The van der Waals surface area contributed by atoms with Crippen LogP contribution in [-0.2, 0) is 23.2 Å². The van der Waals surface area contributed by atoms with Crippen molar-refractivity contribution in [3.8, 4) is 0 Å². The third-order valence-corrected chi connectivity index (χ3v) is 6.71. The molecule has 178 valence electrons. The van der Waals surface area contributed by atoms with Crippen LogP contribution >= 0.6 is 0 Å². The minimum absolute atomic E-state index is 0.183. The lowest BCUT2D eigenvalue weighted by Crippen LogP contribution is -3.21. The molecule has 1 unspecified atom stereocenters. The molecule has 5 heteroatoms. The summed E-state index contributed by atoms with van der Waals surface area (Å²) in [4.78, 5) is 3.11. The molecule has 3 N–H and O–H groups in total. The first-order chi connectivity index (χ1) is 15.3. The molecule has 1 aromatic carbocycles. The van der Waals surface area contributed by atoms with Gasteiger partial charge in [0.2, 0.25) is 0 Å². The van der Waals surface area contributed by atoms with Gasteiger partial charge in [0.05, 0.1) is 18.9 Å². The Kier molecular flexibility index (Phi) is 9.35. The van der Waals surface area contributed by atoms with Gasteiger partial charge in [0.25, 0.3) is 0 Å². The van der Waals surface area contributed by atoms with Gasteiger partial charge in [-0.1, -0.05) is 58.4 Å². The van der Waals surface area contributed by atoms with E-state index in [2.05, 4.69) is 74.9 Å². The summed E-state index contributed by atoms with van der Waals surface area (Å²) in [5.74, 6) is 0. The van der Waals surface area contributed by atoms with Crippen LogP contribution in [0.5, 0.6) is 0 Å². The van der Waals surface area contributed by atoms with Gasteiger partial charge in [0.1, 0.15) is 45.4 Å². The molecule has 1 aliphatic rings. The first kappa shape index (κ1) is 25.0. The van der Waals surface area contributed by atoms with E-state index in [1.165, 1.54) is 21.7 Å². The average molecular weight is 444 g/mol. The first-order valence-corrected chi connectivity index (χ1v) is 12.5. The average Bonchev–Trinajstić information content (AvgIpc) is 3.19. The monoisotopic (exact) mass is 443 g/mol. The molecule has 0 radical (unpaired) electrons. The maximum absolute atomic E-state index is 10.5. The topological polar surface area (TPSA) is 43.3 Å². The van der Waals surface area contributed by atoms with Crippen molar-refractivity contribution in [2.24, 2.45) is 0 Å². The zero-order chi connectivity index (χ0) is 23.0. The quantitative estimate of drug-likeness (QED) is 0.490. The minimum Gasteiger partial charge on any atom is -0.387 e. The molecule has 3 rings (SSSR count). The van der Waals surface area contributed by atoms with Crippen LogP contribution in [0.1, 0.15) is 57.4 Å². The van der Waals surface area contributed by atoms with Crippen LogP contribution < -0.4 is 9.80 Å². The van der Waals surface area contributed by atoms with Crippen LogP contribution in [0.2, 0.25) is 0 Å². The summed E-state index contributed by atoms with van der Waals surface area (Å²) in [6.07, 6.45) is 3.89. The maximum Gasteiger partial charge on any atom is 0.127 e. The number of morpholine rings is 1. The maximum atomic E-state index is 10.5. The summed E-state index contributed by atoms with van der Waals surface area (Å²) in [7, 11) is 0. The smallest absolute Gasteiger partial charge is 0.127 e. The SMILES string of the molecule is CCC[C@H](O)C[NH+](CC[NH+]1CCOCC1)Cc1cccn1Cc1ccc(C(C)(C)C)cc1. The number of benzene rings is 1. The molecular formula is C27H45N3O2+2. The number of aromatic nitrogens is 1. The fraction of sp³-hybridized carbons (Fsp3) is 0.630. The Bertz CT molecular complexity index is 788. The predicted octanol–water partition coefficient (Wildman–Crippen LogP) is 1.29. The highest BCUT2D eigenvalue weighted by Gasteiger charge is 2.21. The molecule has 0 spiro atoms. The highest BCUT2D eigenvalue weighted by atomic mass is 16.5. The first-order valence-electron chi connectivity index (χ1n) is 12.5. The molecule has 1 fully saturated rings. The molecule has 5 nitrogen and oxygen atoms in total. The van der Waals surface area contributed by atoms with E-state index in [1.54, 1.807) is 4.90 Å². The minimum atomic E-state index is -0.219. The zero-order valence-corrected chi connectivity index (χ0v) is 20.7. The molecule has 2 aromatic rings. The second kappa shape index (κ2) is 12.0. The van der Waals surface area contributed by atoms with Gasteiger partial charge in [0, 0.05) is 12.7 Å². The van der Waals surface area contributed by atoms with Crippen LogP contribution in [0.25, 0.3) is 0 Å². The van der Waals surface area contributed by atoms with Crippen LogP contribution in [0.3, 0.4) is 0 Å². The molecule has 1 aliphatic heterocycles. The van der Waals surface area contributed by atoms with Crippen molar-refractivity contribution in [1.82, 2.24) is 4.57 Å². The fourth-order valence-electron chi connectivity index (χ4n) is 4.62. The van der Waals surface area contributed by atoms with Crippen LogP contribution in [0, 0.1) is 0 Å². The van der Waals surface area contributed by atoms with Gasteiger partial charge in [-0.05, 0) is 35.1 Å². The van der Waals surface area contributed by atoms with E-state index < -0.39 is 0 Å². The summed E-state index contributed by atoms with van der Waals surface area (Å²) in [6, 6.07) is 13.5. The van der Waals surface area contributed by atoms with E-state index >= 15 is 0 Å². The van der Waals surface area contributed by atoms with Crippen molar-refractivity contribution >= 4 is 0 Å². The van der Waals surface area contributed by atoms with E-state index in [4.69, 9.17) is 4.74 Å². The van der Waals surface area contributed by atoms with Crippen molar-refractivity contribution in [2.45, 2.75) is 65.1 Å². The van der Waals surface area contributed by atoms with Gasteiger partial charge in [-0.15, -0.1) is 0 Å². The number of aliphatic hydroxyl groups is 1. The van der Waals surface area contributed by atoms with Crippen molar-refractivity contribution in [3.05, 3.63) is 59.4 Å². The van der Waals surface area contributed by atoms with E-state index in [0.29, 0.717) is 0 Å². The third-order valence-electron chi connectivity index (χ3n) is 6.71. The standard InChI is InChI=1S/C27H43N3O2/c1-5-7-26(31)22-29(15-14-28-16-18-32-19-17-28)21-25-8-6-13-30(25)20-23-9-11-24(12-10-23)27(2,3)4/h6,8-13,26,31H,5,7,14-22H2,1-4H3/p+2/t26-/m0/s1. The molecular weight excluding hydrogens is 398 g/mol. The van der Waals surface area contributed by atoms with Crippen molar-refractivity contribution in [3.63, 3.8) is 0 Å². The zero-order valence-electron chi connectivity index (χ0n) is 20.7. The van der Waals surface area contributed by atoms with E-state index in [0.717, 1.165) is 71.9 Å². The van der Waals surface area contributed by atoms with Gasteiger partial charge in [0.15, 0.2) is 0 Å². The summed E-state index contributed by atoms with van der Waals surface area (Å²) >= 11 is 0.